The van der Waals surface area contributed by atoms with E-state index in [1.165, 1.54) is 5.52 Å². The summed E-state index contributed by atoms with van der Waals surface area (Å²) in [5.74, 6) is 0.958. The van der Waals surface area contributed by atoms with Gasteiger partial charge in [-0.15, -0.1) is 11.6 Å². The fourth-order valence-electron chi connectivity index (χ4n) is 2.11. The summed E-state index contributed by atoms with van der Waals surface area (Å²) < 4.78 is 2.28. The molecule has 0 radical (unpaired) electrons. The quantitative estimate of drug-likeness (QED) is 0.735. The van der Waals surface area contributed by atoms with Gasteiger partial charge in [0.1, 0.15) is 5.82 Å². The average Bonchev–Trinajstić information content (AvgIpc) is 2.69. The van der Waals surface area contributed by atoms with Gasteiger partial charge in [-0.1, -0.05) is 19.1 Å². The van der Waals surface area contributed by atoms with Gasteiger partial charge in [-0.05, 0) is 39.3 Å². The molecule has 0 saturated carbocycles. The first-order valence-electron chi connectivity index (χ1n) is 6.09. The minimum atomic E-state index is -0.0757. The van der Waals surface area contributed by atoms with Gasteiger partial charge < -0.3 is 4.57 Å². The molecule has 2 nitrogen and oxygen atoms in total. The van der Waals surface area contributed by atoms with Crippen molar-refractivity contribution in [2.24, 2.45) is 0 Å². The van der Waals surface area contributed by atoms with Crippen LogP contribution < -0.4 is 0 Å². The first-order valence-corrected chi connectivity index (χ1v) is 6.53. The Morgan fingerprint density at radius 1 is 1.35 bits per heavy atom. The van der Waals surface area contributed by atoms with Crippen LogP contribution in [0.25, 0.3) is 11.0 Å². The highest BCUT2D eigenvalue weighted by atomic mass is 35.5. The molecule has 0 N–H and O–H groups in total. The fraction of sp³-hybridized carbons (Fsp3) is 0.500. The monoisotopic (exact) mass is 250 g/mol. The summed E-state index contributed by atoms with van der Waals surface area (Å²) in [5.41, 5.74) is 2.23. The number of hydrogen-bond acceptors (Lipinski definition) is 1. The van der Waals surface area contributed by atoms with Crippen molar-refractivity contribution in [3.63, 3.8) is 0 Å². The summed E-state index contributed by atoms with van der Waals surface area (Å²) in [7, 11) is 0. The van der Waals surface area contributed by atoms with E-state index in [0.717, 1.165) is 17.8 Å². The molecule has 3 heteroatoms. The van der Waals surface area contributed by atoms with E-state index < -0.39 is 0 Å². The summed E-state index contributed by atoms with van der Waals surface area (Å²) in [6.07, 6.45) is 1.05. The first-order chi connectivity index (χ1) is 7.97. The number of benzene rings is 1. The zero-order chi connectivity index (χ0) is 12.6. The smallest absolute Gasteiger partial charge is 0.128 e. The Labute approximate surface area is 108 Å². The van der Waals surface area contributed by atoms with Crippen LogP contribution in [0.1, 0.15) is 45.3 Å². The van der Waals surface area contributed by atoms with Crippen LogP contribution in [0.4, 0.5) is 0 Å². The molecule has 2 rings (SSSR count). The number of rotatable bonds is 3. The van der Waals surface area contributed by atoms with Gasteiger partial charge in [-0.25, -0.2) is 4.98 Å². The third kappa shape index (κ3) is 2.06. The Morgan fingerprint density at radius 2 is 2.00 bits per heavy atom. The number of nitrogens with zero attached hydrogens (tertiary/aromatic N) is 2. The molecular formula is C14H19ClN2. The molecule has 0 aliphatic rings. The highest BCUT2D eigenvalue weighted by Gasteiger charge is 2.25. The van der Waals surface area contributed by atoms with Crippen LogP contribution in [0.2, 0.25) is 0 Å². The number of hydrogen-bond donors (Lipinski definition) is 0. The molecule has 2 aromatic rings. The molecule has 0 amide bonds. The third-order valence-electron chi connectivity index (χ3n) is 3.41. The standard InChI is InChI=1S/C14H19ClN2/c1-5-14(3,4)17-12-9-7-6-8-11(12)16-13(17)10(2)15/h6-10H,5H2,1-4H3. The maximum Gasteiger partial charge on any atom is 0.128 e. The molecule has 0 fully saturated rings. The van der Waals surface area contributed by atoms with E-state index in [1.54, 1.807) is 0 Å². The predicted molar refractivity (Wildman–Crippen MR) is 73.6 cm³/mol. The molecule has 0 bridgehead atoms. The number of imidazole rings is 1. The summed E-state index contributed by atoms with van der Waals surface area (Å²) >= 11 is 6.26. The van der Waals surface area contributed by atoms with Gasteiger partial charge in [0.05, 0.1) is 16.4 Å². The molecule has 1 aromatic carbocycles. The second-order valence-corrected chi connectivity index (χ2v) is 5.73. The second-order valence-electron chi connectivity index (χ2n) is 5.08. The third-order valence-corrected chi connectivity index (χ3v) is 3.61. The average molecular weight is 251 g/mol. The molecule has 0 saturated heterocycles. The van der Waals surface area contributed by atoms with E-state index in [1.807, 2.05) is 19.1 Å². The van der Waals surface area contributed by atoms with Crippen molar-refractivity contribution in [1.29, 1.82) is 0 Å². The van der Waals surface area contributed by atoms with E-state index in [-0.39, 0.29) is 10.9 Å². The van der Waals surface area contributed by atoms with Gasteiger partial charge in [0.25, 0.3) is 0 Å². The number of para-hydroxylation sites is 2. The van der Waals surface area contributed by atoms with Crippen LogP contribution in [-0.2, 0) is 5.54 Å². The van der Waals surface area contributed by atoms with Crippen LogP contribution in [0.3, 0.4) is 0 Å². The Bertz CT molecular complexity index is 526. The van der Waals surface area contributed by atoms with Crippen molar-refractivity contribution in [3.8, 4) is 0 Å². The summed E-state index contributed by atoms with van der Waals surface area (Å²) in [5, 5.41) is -0.0757. The molecule has 0 aliphatic heterocycles. The number of fused-ring (bicyclic) bond motifs is 1. The molecule has 92 valence electrons. The van der Waals surface area contributed by atoms with E-state index in [4.69, 9.17) is 11.6 Å². The predicted octanol–water partition coefficient (Wildman–Crippen LogP) is 4.48. The summed E-state index contributed by atoms with van der Waals surface area (Å²) in [6.45, 7) is 8.62. The SMILES string of the molecule is CCC(C)(C)n1c(C(C)Cl)nc2ccccc21. The lowest BCUT2D eigenvalue weighted by atomic mass is 10.0. The van der Waals surface area contributed by atoms with Crippen LogP contribution in [-0.4, -0.2) is 9.55 Å². The topological polar surface area (TPSA) is 17.8 Å². The van der Waals surface area contributed by atoms with Gasteiger partial charge in [-0.2, -0.15) is 0 Å². The lowest BCUT2D eigenvalue weighted by Gasteiger charge is -2.28. The second kappa shape index (κ2) is 4.34. The number of halogens is 1. The van der Waals surface area contributed by atoms with E-state index in [9.17, 15) is 0 Å². The van der Waals surface area contributed by atoms with Crippen molar-refractivity contribution < 1.29 is 0 Å². The van der Waals surface area contributed by atoms with E-state index in [2.05, 4.69) is 42.5 Å². The van der Waals surface area contributed by atoms with Gasteiger partial charge >= 0.3 is 0 Å². The Balaban J connectivity index is 2.77. The molecule has 1 aromatic heterocycles. The molecular weight excluding hydrogens is 232 g/mol. The molecule has 0 aliphatic carbocycles. The van der Waals surface area contributed by atoms with Gasteiger partial charge in [0.15, 0.2) is 0 Å². The Hall–Kier alpha value is -1.02. The minimum Gasteiger partial charge on any atom is -0.321 e. The highest BCUT2D eigenvalue weighted by Crippen LogP contribution is 2.32. The van der Waals surface area contributed by atoms with Crippen molar-refractivity contribution in [2.45, 2.75) is 45.0 Å². The first kappa shape index (κ1) is 12.4. The zero-order valence-electron chi connectivity index (χ0n) is 10.9. The number of aromatic nitrogens is 2. The Morgan fingerprint density at radius 3 is 2.59 bits per heavy atom. The summed E-state index contributed by atoms with van der Waals surface area (Å²) in [4.78, 5) is 4.66. The summed E-state index contributed by atoms with van der Waals surface area (Å²) in [6, 6.07) is 8.22. The van der Waals surface area contributed by atoms with Crippen LogP contribution in [0.5, 0.6) is 0 Å². The van der Waals surface area contributed by atoms with E-state index in [0.29, 0.717) is 0 Å². The minimum absolute atomic E-state index is 0.0363. The lowest BCUT2D eigenvalue weighted by Crippen LogP contribution is -2.27. The largest absolute Gasteiger partial charge is 0.321 e. The van der Waals surface area contributed by atoms with Crippen LogP contribution >= 0.6 is 11.6 Å². The maximum atomic E-state index is 6.26. The molecule has 1 unspecified atom stereocenters. The normalized spacial score (nSPS) is 14.2. The van der Waals surface area contributed by atoms with Crippen molar-refractivity contribution in [3.05, 3.63) is 30.1 Å². The van der Waals surface area contributed by atoms with Gasteiger partial charge in [0.2, 0.25) is 0 Å². The van der Waals surface area contributed by atoms with Crippen molar-refractivity contribution in [2.75, 3.05) is 0 Å². The van der Waals surface area contributed by atoms with Crippen LogP contribution in [0.15, 0.2) is 24.3 Å². The molecule has 0 spiro atoms. The van der Waals surface area contributed by atoms with Gasteiger partial charge in [0, 0.05) is 5.54 Å². The van der Waals surface area contributed by atoms with E-state index >= 15 is 0 Å². The highest BCUT2D eigenvalue weighted by molar-refractivity contribution is 6.20. The van der Waals surface area contributed by atoms with Crippen LogP contribution in [0, 0.1) is 0 Å². The van der Waals surface area contributed by atoms with Crippen molar-refractivity contribution in [1.82, 2.24) is 9.55 Å². The Kier molecular flexibility index (Phi) is 3.17. The number of alkyl halides is 1. The van der Waals surface area contributed by atoms with Gasteiger partial charge in [-0.3, -0.25) is 0 Å². The zero-order valence-corrected chi connectivity index (χ0v) is 11.6. The lowest BCUT2D eigenvalue weighted by molar-refractivity contribution is 0.341. The maximum absolute atomic E-state index is 6.26. The molecule has 1 heterocycles. The fourth-order valence-corrected chi connectivity index (χ4v) is 2.25. The molecule has 17 heavy (non-hydrogen) atoms. The van der Waals surface area contributed by atoms with Crippen molar-refractivity contribution >= 4 is 22.6 Å². The molecule has 1 atom stereocenters.